The average Bonchev–Trinajstić information content (AvgIpc) is 2.79. The Morgan fingerprint density at radius 1 is 0.433 bits per heavy atom. The standard InChI is InChI=1S/2C12H20O3/c2*1-5-12(9-13-6-2,10-14-7-3)11-15-8-4/h2*6-8H,2-5,9-11H2,1H3. The molecule has 172 valence electrons. The second-order valence-corrected chi connectivity index (χ2v) is 6.57. The molecule has 0 atom stereocenters. The van der Waals surface area contributed by atoms with Gasteiger partial charge in [-0.15, -0.1) is 0 Å². The normalized spacial score (nSPS) is 10.2. The highest BCUT2D eigenvalue weighted by molar-refractivity contribution is 4.81. The van der Waals surface area contributed by atoms with Crippen molar-refractivity contribution >= 4 is 0 Å². The highest BCUT2D eigenvalue weighted by atomic mass is 16.5. The molecule has 0 aromatic carbocycles. The average molecular weight is 425 g/mol. The van der Waals surface area contributed by atoms with Gasteiger partial charge < -0.3 is 28.4 Å². The van der Waals surface area contributed by atoms with Gasteiger partial charge in [0.05, 0.1) is 88.0 Å². The maximum atomic E-state index is 5.22. The maximum absolute atomic E-state index is 5.22. The number of rotatable bonds is 20. The van der Waals surface area contributed by atoms with Gasteiger partial charge in [0.25, 0.3) is 0 Å². The van der Waals surface area contributed by atoms with Crippen molar-refractivity contribution in [2.45, 2.75) is 26.7 Å². The minimum absolute atomic E-state index is 0.184. The van der Waals surface area contributed by atoms with E-state index in [4.69, 9.17) is 28.4 Å². The zero-order valence-corrected chi connectivity index (χ0v) is 18.8. The van der Waals surface area contributed by atoms with Gasteiger partial charge in [-0.3, -0.25) is 0 Å². The summed E-state index contributed by atoms with van der Waals surface area (Å²) in [6.45, 7) is 28.3. The molecule has 0 unspecified atom stereocenters. The lowest BCUT2D eigenvalue weighted by molar-refractivity contribution is -0.0120. The molecule has 0 heterocycles. The molecule has 0 rings (SSSR count). The lowest BCUT2D eigenvalue weighted by atomic mass is 9.88. The van der Waals surface area contributed by atoms with Gasteiger partial charge in [-0.2, -0.15) is 0 Å². The molecule has 0 bridgehead atoms. The molecular weight excluding hydrogens is 384 g/mol. The fourth-order valence-electron chi connectivity index (χ4n) is 2.28. The fraction of sp³-hybridized carbons (Fsp3) is 0.500. The summed E-state index contributed by atoms with van der Waals surface area (Å²) in [5.41, 5.74) is -0.368. The molecule has 0 N–H and O–H groups in total. The lowest BCUT2D eigenvalue weighted by Crippen LogP contribution is -2.35. The minimum Gasteiger partial charge on any atom is -0.501 e. The third kappa shape index (κ3) is 13.4. The van der Waals surface area contributed by atoms with Crippen molar-refractivity contribution in [3.05, 3.63) is 77.0 Å². The molecule has 30 heavy (non-hydrogen) atoms. The molecule has 0 aliphatic rings. The quantitative estimate of drug-likeness (QED) is 0.233. The summed E-state index contributed by atoms with van der Waals surface area (Å²) < 4.78 is 31.3. The first-order chi connectivity index (χ1) is 14.5. The van der Waals surface area contributed by atoms with Crippen molar-refractivity contribution in [3.8, 4) is 0 Å². The van der Waals surface area contributed by atoms with Crippen LogP contribution in [-0.2, 0) is 28.4 Å². The van der Waals surface area contributed by atoms with Crippen molar-refractivity contribution in [1.29, 1.82) is 0 Å². The zero-order chi connectivity index (χ0) is 23.1. The molecule has 0 spiro atoms. The monoisotopic (exact) mass is 424 g/mol. The molecule has 0 aromatic rings. The Balaban J connectivity index is 0. The Morgan fingerprint density at radius 2 is 0.600 bits per heavy atom. The molecule has 0 radical (unpaired) electrons. The summed E-state index contributed by atoms with van der Waals surface area (Å²) in [5.74, 6) is 0. The van der Waals surface area contributed by atoms with E-state index in [2.05, 4.69) is 53.3 Å². The predicted octanol–water partition coefficient (Wildman–Crippen LogP) is 5.73. The van der Waals surface area contributed by atoms with Gasteiger partial charge in [0.2, 0.25) is 0 Å². The van der Waals surface area contributed by atoms with Crippen LogP contribution < -0.4 is 0 Å². The van der Waals surface area contributed by atoms with Crippen LogP contribution in [-0.4, -0.2) is 39.6 Å². The Bertz CT molecular complexity index is 380. The maximum Gasteiger partial charge on any atom is 0.0994 e. The van der Waals surface area contributed by atoms with Crippen LogP contribution in [0.4, 0.5) is 0 Å². The summed E-state index contributed by atoms with van der Waals surface area (Å²) in [6, 6.07) is 0. The van der Waals surface area contributed by atoms with Crippen LogP contribution in [0.5, 0.6) is 0 Å². The van der Waals surface area contributed by atoms with Crippen LogP contribution in [0, 0.1) is 10.8 Å². The SMILES string of the molecule is C=COCC(CC)(COC=C)COC=C.C=COCC(CC)(COC=C)COC=C. The Hall–Kier alpha value is -2.76. The summed E-state index contributed by atoms with van der Waals surface area (Å²) in [4.78, 5) is 0. The van der Waals surface area contributed by atoms with E-state index in [0.717, 1.165) is 12.8 Å². The van der Waals surface area contributed by atoms with E-state index in [1.165, 1.54) is 37.6 Å². The van der Waals surface area contributed by atoms with Crippen molar-refractivity contribution in [2.24, 2.45) is 10.8 Å². The van der Waals surface area contributed by atoms with Gasteiger partial charge in [0.15, 0.2) is 0 Å². The molecule has 0 aliphatic heterocycles. The zero-order valence-electron chi connectivity index (χ0n) is 18.8. The smallest absolute Gasteiger partial charge is 0.0994 e. The van der Waals surface area contributed by atoms with E-state index in [0.29, 0.717) is 39.6 Å². The van der Waals surface area contributed by atoms with E-state index in [1.807, 2.05) is 0 Å². The van der Waals surface area contributed by atoms with E-state index >= 15 is 0 Å². The van der Waals surface area contributed by atoms with Crippen LogP contribution in [0.3, 0.4) is 0 Å². The summed E-state index contributed by atoms with van der Waals surface area (Å²) >= 11 is 0. The summed E-state index contributed by atoms with van der Waals surface area (Å²) in [7, 11) is 0. The topological polar surface area (TPSA) is 55.4 Å². The molecule has 0 saturated carbocycles. The van der Waals surface area contributed by atoms with Crippen LogP contribution in [0.1, 0.15) is 26.7 Å². The van der Waals surface area contributed by atoms with Crippen molar-refractivity contribution in [3.63, 3.8) is 0 Å². The third-order valence-electron chi connectivity index (χ3n) is 4.54. The second kappa shape index (κ2) is 19.6. The Labute approximate surface area is 183 Å². The van der Waals surface area contributed by atoms with Crippen molar-refractivity contribution in [1.82, 2.24) is 0 Å². The molecule has 0 fully saturated rings. The molecule has 6 heteroatoms. The minimum atomic E-state index is -0.184. The van der Waals surface area contributed by atoms with Gasteiger partial charge in [-0.1, -0.05) is 53.3 Å². The fourth-order valence-corrected chi connectivity index (χ4v) is 2.28. The van der Waals surface area contributed by atoms with Crippen LogP contribution in [0.25, 0.3) is 0 Å². The Morgan fingerprint density at radius 3 is 0.700 bits per heavy atom. The van der Waals surface area contributed by atoms with Gasteiger partial charge in [0.1, 0.15) is 0 Å². The lowest BCUT2D eigenvalue weighted by Gasteiger charge is -2.30. The van der Waals surface area contributed by atoms with Crippen LogP contribution in [0.15, 0.2) is 77.0 Å². The van der Waals surface area contributed by atoms with E-state index in [-0.39, 0.29) is 10.8 Å². The summed E-state index contributed by atoms with van der Waals surface area (Å²) in [5, 5.41) is 0. The molecule has 6 nitrogen and oxygen atoms in total. The third-order valence-corrected chi connectivity index (χ3v) is 4.54. The van der Waals surface area contributed by atoms with Crippen LogP contribution >= 0.6 is 0 Å². The number of ether oxygens (including phenoxy) is 6. The molecule has 0 saturated heterocycles. The first-order valence-electron chi connectivity index (χ1n) is 9.84. The second-order valence-electron chi connectivity index (χ2n) is 6.57. The van der Waals surface area contributed by atoms with Gasteiger partial charge >= 0.3 is 0 Å². The Kier molecular flexibility index (Phi) is 19.2. The van der Waals surface area contributed by atoms with Gasteiger partial charge in [-0.25, -0.2) is 0 Å². The molecular formula is C24H40O6. The molecule has 0 aliphatic carbocycles. The number of hydrogen-bond acceptors (Lipinski definition) is 6. The first-order valence-corrected chi connectivity index (χ1v) is 9.84. The predicted molar refractivity (Wildman–Crippen MR) is 122 cm³/mol. The van der Waals surface area contributed by atoms with Crippen molar-refractivity contribution < 1.29 is 28.4 Å². The first kappa shape index (κ1) is 29.4. The molecule has 0 amide bonds. The summed E-state index contributed by atoms with van der Waals surface area (Å²) in [6.07, 6.45) is 10.3. The number of hydrogen-bond donors (Lipinski definition) is 0. The van der Waals surface area contributed by atoms with E-state index < -0.39 is 0 Å². The van der Waals surface area contributed by atoms with Crippen molar-refractivity contribution in [2.75, 3.05) is 39.6 Å². The highest BCUT2D eigenvalue weighted by Crippen LogP contribution is 2.25. The van der Waals surface area contributed by atoms with Crippen LogP contribution in [0.2, 0.25) is 0 Å². The van der Waals surface area contributed by atoms with Gasteiger partial charge in [-0.05, 0) is 12.8 Å². The van der Waals surface area contributed by atoms with E-state index in [9.17, 15) is 0 Å². The highest BCUT2D eigenvalue weighted by Gasteiger charge is 2.31. The van der Waals surface area contributed by atoms with Gasteiger partial charge in [0, 0.05) is 0 Å². The van der Waals surface area contributed by atoms with E-state index in [1.54, 1.807) is 0 Å². The molecule has 0 aromatic heterocycles. The largest absolute Gasteiger partial charge is 0.501 e.